The second kappa shape index (κ2) is 6.86. The Labute approximate surface area is 174 Å². The van der Waals surface area contributed by atoms with Crippen LogP contribution in [0.5, 0.6) is 0 Å². The van der Waals surface area contributed by atoms with Gasteiger partial charge in [-0.05, 0) is 29.3 Å². The minimum Gasteiger partial charge on any atom is -0.369 e. The Kier molecular flexibility index (Phi) is 4.71. The van der Waals surface area contributed by atoms with Gasteiger partial charge in [-0.15, -0.1) is 11.6 Å². The van der Waals surface area contributed by atoms with Crippen LogP contribution in [-0.4, -0.2) is 50.4 Å². The number of pyridine rings is 1. The van der Waals surface area contributed by atoms with E-state index < -0.39 is 32.8 Å². The smallest absolute Gasteiger partial charge is 0.239 e. The Hall–Kier alpha value is -2.36. The Balaban J connectivity index is 1.77. The lowest BCUT2D eigenvalue weighted by Crippen LogP contribution is -2.69. The number of fused-ring (bicyclic) bond motifs is 1. The largest absolute Gasteiger partial charge is 0.369 e. The highest BCUT2D eigenvalue weighted by molar-refractivity contribution is 7.92. The summed E-state index contributed by atoms with van der Waals surface area (Å²) in [6, 6.07) is 9.05. The standard InChI is InChI=1S/C19H22ClN5O3S/c1-24-16-3-2-12(8-13(16)11-29(24,27)28)15-9-25(14-4-6-23-7-5-14)10-17(20)19(15,22)18(21)26/h2-8,15,17H,9-11,22H2,1H3,(H2,21,26). The second-order valence-corrected chi connectivity index (χ2v) is 10.1. The van der Waals surface area contributed by atoms with E-state index in [0.717, 1.165) is 11.3 Å². The molecule has 8 nitrogen and oxygen atoms in total. The number of nitrogens with two attached hydrogens (primary N) is 2. The van der Waals surface area contributed by atoms with Crippen LogP contribution < -0.4 is 20.7 Å². The van der Waals surface area contributed by atoms with Crippen LogP contribution in [0.1, 0.15) is 17.0 Å². The normalized spacial score (nSPS) is 28.2. The molecule has 3 heterocycles. The number of carbonyl (C=O) groups excluding carboxylic acids is 1. The summed E-state index contributed by atoms with van der Waals surface area (Å²) >= 11 is 6.61. The average Bonchev–Trinajstić information content (AvgIpc) is 2.92. The summed E-state index contributed by atoms with van der Waals surface area (Å²) in [5.41, 5.74) is 13.7. The van der Waals surface area contributed by atoms with E-state index >= 15 is 0 Å². The molecule has 0 saturated carbocycles. The fraction of sp³-hybridized carbons (Fsp3) is 0.368. The maximum atomic E-state index is 12.4. The summed E-state index contributed by atoms with van der Waals surface area (Å²) < 4.78 is 25.7. The van der Waals surface area contributed by atoms with Crippen LogP contribution in [0.4, 0.5) is 11.4 Å². The number of nitrogens with zero attached hydrogens (tertiary/aromatic N) is 3. The van der Waals surface area contributed by atoms with Gasteiger partial charge in [-0.2, -0.15) is 0 Å². The number of benzene rings is 1. The zero-order valence-corrected chi connectivity index (χ0v) is 17.4. The van der Waals surface area contributed by atoms with Crippen LogP contribution in [0, 0.1) is 0 Å². The highest BCUT2D eigenvalue weighted by Gasteiger charge is 2.52. The molecule has 1 fully saturated rings. The Morgan fingerprint density at radius 3 is 2.59 bits per heavy atom. The van der Waals surface area contributed by atoms with E-state index in [9.17, 15) is 13.2 Å². The van der Waals surface area contributed by atoms with Gasteiger partial charge >= 0.3 is 0 Å². The maximum Gasteiger partial charge on any atom is 0.239 e. The average molecular weight is 436 g/mol. The van der Waals surface area contributed by atoms with Gasteiger partial charge in [-0.25, -0.2) is 8.42 Å². The van der Waals surface area contributed by atoms with Crippen molar-refractivity contribution in [2.75, 3.05) is 29.3 Å². The number of primary amides is 1. The second-order valence-electron chi connectivity index (χ2n) is 7.54. The number of piperidine rings is 1. The summed E-state index contributed by atoms with van der Waals surface area (Å²) in [4.78, 5) is 18.5. The van der Waals surface area contributed by atoms with E-state index in [1.54, 1.807) is 30.6 Å². The van der Waals surface area contributed by atoms with Crippen molar-refractivity contribution in [1.82, 2.24) is 4.98 Å². The number of hydrogen-bond acceptors (Lipinski definition) is 6. The van der Waals surface area contributed by atoms with E-state index in [2.05, 4.69) is 4.98 Å². The fourth-order valence-corrected chi connectivity index (χ4v) is 5.89. The van der Waals surface area contributed by atoms with Gasteiger partial charge in [0, 0.05) is 44.1 Å². The molecule has 1 aromatic heterocycles. The SMILES string of the molecule is CN1c2ccc(C3CN(c4ccncc4)CC(Cl)C3(N)C(N)=O)cc2CS1(=O)=O. The molecule has 1 saturated heterocycles. The molecule has 1 amide bonds. The number of halogens is 1. The first-order chi connectivity index (χ1) is 13.6. The summed E-state index contributed by atoms with van der Waals surface area (Å²) in [6.07, 6.45) is 3.37. The number of aromatic nitrogens is 1. The lowest BCUT2D eigenvalue weighted by Gasteiger charge is -2.47. The zero-order chi connectivity index (χ0) is 21.0. The van der Waals surface area contributed by atoms with Crippen LogP contribution in [0.25, 0.3) is 0 Å². The molecule has 1 aromatic carbocycles. The van der Waals surface area contributed by atoms with Crippen LogP contribution in [-0.2, 0) is 20.6 Å². The van der Waals surface area contributed by atoms with Gasteiger partial charge in [0.25, 0.3) is 0 Å². The molecule has 2 aromatic rings. The lowest BCUT2D eigenvalue weighted by atomic mass is 9.73. The number of sulfonamides is 1. The molecule has 29 heavy (non-hydrogen) atoms. The number of rotatable bonds is 3. The van der Waals surface area contributed by atoms with E-state index in [1.807, 2.05) is 17.0 Å². The van der Waals surface area contributed by atoms with Gasteiger partial charge in [0.15, 0.2) is 0 Å². The van der Waals surface area contributed by atoms with Gasteiger partial charge in [-0.1, -0.05) is 12.1 Å². The van der Waals surface area contributed by atoms with Gasteiger partial charge in [0.1, 0.15) is 5.54 Å². The zero-order valence-electron chi connectivity index (χ0n) is 15.8. The molecule has 0 bridgehead atoms. The van der Waals surface area contributed by atoms with Crippen molar-refractivity contribution in [3.05, 3.63) is 53.9 Å². The lowest BCUT2D eigenvalue weighted by molar-refractivity contribution is -0.124. The highest BCUT2D eigenvalue weighted by Crippen LogP contribution is 2.41. The number of hydrogen-bond donors (Lipinski definition) is 2. The van der Waals surface area contributed by atoms with Crippen molar-refractivity contribution in [3.63, 3.8) is 0 Å². The molecule has 4 N–H and O–H groups in total. The van der Waals surface area contributed by atoms with Crippen LogP contribution in [0.15, 0.2) is 42.7 Å². The van der Waals surface area contributed by atoms with E-state index in [0.29, 0.717) is 24.3 Å². The van der Waals surface area contributed by atoms with Gasteiger partial charge < -0.3 is 16.4 Å². The number of amides is 1. The van der Waals surface area contributed by atoms with Crippen molar-refractivity contribution in [1.29, 1.82) is 0 Å². The molecule has 10 heteroatoms. The fourth-order valence-electron chi connectivity index (χ4n) is 4.17. The summed E-state index contributed by atoms with van der Waals surface area (Å²) in [5, 5.41) is -0.730. The third-order valence-electron chi connectivity index (χ3n) is 5.93. The summed E-state index contributed by atoms with van der Waals surface area (Å²) in [5.74, 6) is -1.28. The molecule has 3 unspecified atom stereocenters. The minimum absolute atomic E-state index is 0.0914. The highest BCUT2D eigenvalue weighted by atomic mass is 35.5. The molecular weight excluding hydrogens is 414 g/mol. The molecular formula is C19H22ClN5O3S. The van der Waals surface area contributed by atoms with E-state index in [1.165, 1.54) is 11.4 Å². The molecule has 2 aliphatic heterocycles. The Bertz CT molecular complexity index is 1060. The number of carbonyl (C=O) groups is 1. The van der Waals surface area contributed by atoms with Crippen LogP contribution in [0.2, 0.25) is 0 Å². The third kappa shape index (κ3) is 3.13. The van der Waals surface area contributed by atoms with Crippen molar-refractivity contribution in [2.24, 2.45) is 11.5 Å². The molecule has 2 aliphatic rings. The first kappa shape index (κ1) is 19.9. The molecule has 0 radical (unpaired) electrons. The molecule has 0 spiro atoms. The van der Waals surface area contributed by atoms with E-state index in [4.69, 9.17) is 23.1 Å². The first-order valence-electron chi connectivity index (χ1n) is 9.12. The van der Waals surface area contributed by atoms with Crippen molar-refractivity contribution >= 4 is 38.9 Å². The van der Waals surface area contributed by atoms with Gasteiger partial charge in [0.05, 0.1) is 16.8 Å². The quantitative estimate of drug-likeness (QED) is 0.686. The van der Waals surface area contributed by atoms with Gasteiger partial charge in [-0.3, -0.25) is 14.1 Å². The maximum absolute atomic E-state index is 12.4. The van der Waals surface area contributed by atoms with Crippen molar-refractivity contribution in [3.8, 4) is 0 Å². The van der Waals surface area contributed by atoms with Crippen molar-refractivity contribution in [2.45, 2.75) is 22.6 Å². The monoisotopic (exact) mass is 435 g/mol. The number of alkyl halides is 1. The number of anilines is 2. The predicted octanol–water partition coefficient (Wildman–Crippen LogP) is 0.755. The summed E-state index contributed by atoms with van der Waals surface area (Å²) in [7, 11) is -1.85. The summed E-state index contributed by atoms with van der Waals surface area (Å²) in [6.45, 7) is 0.762. The topological polar surface area (TPSA) is 123 Å². The van der Waals surface area contributed by atoms with E-state index in [-0.39, 0.29) is 5.75 Å². The molecule has 154 valence electrons. The molecule has 3 atom stereocenters. The Morgan fingerprint density at radius 1 is 1.24 bits per heavy atom. The van der Waals surface area contributed by atoms with Crippen LogP contribution >= 0.6 is 11.6 Å². The first-order valence-corrected chi connectivity index (χ1v) is 11.2. The predicted molar refractivity (Wildman–Crippen MR) is 112 cm³/mol. The van der Waals surface area contributed by atoms with Crippen LogP contribution in [0.3, 0.4) is 0 Å². The molecule has 4 rings (SSSR count). The minimum atomic E-state index is -3.37. The third-order valence-corrected chi connectivity index (χ3v) is 8.14. The molecule has 0 aliphatic carbocycles. The van der Waals surface area contributed by atoms with Crippen molar-refractivity contribution < 1.29 is 13.2 Å². The Morgan fingerprint density at radius 2 is 1.93 bits per heavy atom. The van der Waals surface area contributed by atoms with Gasteiger partial charge in [0.2, 0.25) is 15.9 Å².